The van der Waals surface area contributed by atoms with E-state index in [1.807, 2.05) is 12.1 Å². The van der Waals surface area contributed by atoms with Gasteiger partial charge in [-0.15, -0.1) is 6.42 Å². The average Bonchev–Trinajstić information content (AvgIpc) is 2.61. The monoisotopic (exact) mass is 386 g/mol. The quantitative estimate of drug-likeness (QED) is 0.470. The zero-order valence-electron chi connectivity index (χ0n) is 13.0. The Morgan fingerprint density at radius 3 is 2.75 bits per heavy atom. The number of benzene rings is 2. The molecule has 1 N–H and O–H groups in total. The van der Waals surface area contributed by atoms with Gasteiger partial charge in [0, 0.05) is 15.6 Å². The molecule has 0 unspecified atom stereocenters. The topological polar surface area (TPSA) is 59.9 Å². The van der Waals surface area contributed by atoms with E-state index in [0.29, 0.717) is 22.6 Å². The highest BCUT2D eigenvalue weighted by Crippen LogP contribution is 2.21. The lowest BCUT2D eigenvalue weighted by Crippen LogP contribution is -2.17. The molecule has 6 heteroatoms. The zero-order valence-corrected chi connectivity index (χ0v) is 14.5. The molecule has 2 aromatic rings. The number of hydrazone groups is 1. The number of amides is 1. The summed E-state index contributed by atoms with van der Waals surface area (Å²) in [4.78, 5) is 12.0. The lowest BCUT2D eigenvalue weighted by Gasteiger charge is -2.07. The first-order valence-electron chi connectivity index (χ1n) is 6.97. The van der Waals surface area contributed by atoms with Crippen LogP contribution in [0.15, 0.2) is 52.0 Å². The molecule has 0 saturated carbocycles. The number of rotatable bonds is 6. The van der Waals surface area contributed by atoms with E-state index in [9.17, 15) is 4.79 Å². The van der Waals surface area contributed by atoms with Gasteiger partial charge in [-0.25, -0.2) is 5.43 Å². The Hall–Kier alpha value is -2.78. The molecule has 1 amide bonds. The molecule has 0 aliphatic carbocycles. The Labute approximate surface area is 148 Å². The van der Waals surface area contributed by atoms with Crippen LogP contribution in [0.1, 0.15) is 15.9 Å². The normalized spacial score (nSPS) is 10.2. The standard InChI is InChI=1S/C18H15BrN2O3/c1-3-10-24-17-9-6-15(19)11-14(17)12-20-21-18(22)13-4-7-16(23-2)8-5-13/h1,4-9,11-12H,10H2,2H3,(H,21,22). The van der Waals surface area contributed by atoms with Crippen molar-refractivity contribution in [3.05, 3.63) is 58.1 Å². The Balaban J connectivity index is 2.06. The summed E-state index contributed by atoms with van der Waals surface area (Å²) in [5, 5.41) is 3.96. The van der Waals surface area contributed by atoms with Gasteiger partial charge in [-0.3, -0.25) is 4.79 Å². The van der Waals surface area contributed by atoms with Crippen LogP contribution in [0.5, 0.6) is 11.5 Å². The summed E-state index contributed by atoms with van der Waals surface area (Å²) in [6, 6.07) is 12.1. The fourth-order valence-electron chi connectivity index (χ4n) is 1.84. The number of terminal acetylenes is 1. The predicted octanol–water partition coefficient (Wildman–Crippen LogP) is 3.23. The molecule has 122 valence electrons. The molecule has 0 aliphatic rings. The Kier molecular flexibility index (Phi) is 6.41. The second-order valence-corrected chi connectivity index (χ2v) is 5.52. The third-order valence-corrected chi connectivity index (χ3v) is 3.50. The molecule has 0 radical (unpaired) electrons. The third-order valence-electron chi connectivity index (χ3n) is 3.00. The van der Waals surface area contributed by atoms with Gasteiger partial charge in [0.25, 0.3) is 5.91 Å². The summed E-state index contributed by atoms with van der Waals surface area (Å²) >= 11 is 3.38. The summed E-state index contributed by atoms with van der Waals surface area (Å²) in [5.74, 6) is 3.34. The van der Waals surface area contributed by atoms with Gasteiger partial charge >= 0.3 is 0 Å². The Morgan fingerprint density at radius 1 is 1.33 bits per heavy atom. The molecular weight excluding hydrogens is 372 g/mol. The third kappa shape index (κ3) is 4.86. The molecular formula is C18H15BrN2O3. The van der Waals surface area contributed by atoms with Crippen molar-refractivity contribution < 1.29 is 14.3 Å². The number of methoxy groups -OCH3 is 1. The second-order valence-electron chi connectivity index (χ2n) is 4.60. The van der Waals surface area contributed by atoms with Crippen molar-refractivity contribution in [3.8, 4) is 23.8 Å². The van der Waals surface area contributed by atoms with E-state index in [-0.39, 0.29) is 12.5 Å². The predicted molar refractivity (Wildman–Crippen MR) is 96.5 cm³/mol. The van der Waals surface area contributed by atoms with Crippen molar-refractivity contribution in [1.82, 2.24) is 5.43 Å². The fourth-order valence-corrected chi connectivity index (χ4v) is 2.22. The van der Waals surface area contributed by atoms with Crippen LogP contribution >= 0.6 is 15.9 Å². The Bertz CT molecular complexity index is 780. The van der Waals surface area contributed by atoms with Gasteiger partial charge in [0.2, 0.25) is 0 Å². The van der Waals surface area contributed by atoms with Crippen molar-refractivity contribution in [3.63, 3.8) is 0 Å². The summed E-state index contributed by atoms with van der Waals surface area (Å²) in [6.45, 7) is 0.153. The van der Waals surface area contributed by atoms with Crippen LogP contribution in [0, 0.1) is 12.3 Å². The number of carbonyl (C=O) groups is 1. The lowest BCUT2D eigenvalue weighted by molar-refractivity contribution is 0.0955. The van der Waals surface area contributed by atoms with E-state index in [2.05, 4.69) is 32.4 Å². The molecule has 0 aromatic heterocycles. The van der Waals surface area contributed by atoms with Crippen LogP contribution in [-0.2, 0) is 0 Å². The molecule has 0 saturated heterocycles. The summed E-state index contributed by atoms with van der Waals surface area (Å²) in [5.41, 5.74) is 3.63. The van der Waals surface area contributed by atoms with Crippen LogP contribution in [0.3, 0.4) is 0 Å². The molecule has 0 spiro atoms. The van der Waals surface area contributed by atoms with Gasteiger partial charge in [-0.05, 0) is 42.5 Å². The number of ether oxygens (including phenoxy) is 2. The largest absolute Gasteiger partial charge is 0.497 e. The second kappa shape index (κ2) is 8.75. The molecule has 24 heavy (non-hydrogen) atoms. The van der Waals surface area contributed by atoms with E-state index in [0.717, 1.165) is 4.47 Å². The van der Waals surface area contributed by atoms with Crippen molar-refractivity contribution >= 4 is 28.1 Å². The first-order chi connectivity index (χ1) is 11.6. The highest BCUT2D eigenvalue weighted by molar-refractivity contribution is 9.10. The van der Waals surface area contributed by atoms with Crippen molar-refractivity contribution in [2.45, 2.75) is 0 Å². The van der Waals surface area contributed by atoms with E-state index < -0.39 is 0 Å². The summed E-state index contributed by atoms with van der Waals surface area (Å²) in [6.07, 6.45) is 6.70. The maximum atomic E-state index is 12.0. The van der Waals surface area contributed by atoms with E-state index in [1.165, 1.54) is 6.21 Å². The summed E-state index contributed by atoms with van der Waals surface area (Å²) in [7, 11) is 1.57. The summed E-state index contributed by atoms with van der Waals surface area (Å²) < 4.78 is 11.3. The molecule has 0 fully saturated rings. The molecule has 0 atom stereocenters. The lowest BCUT2D eigenvalue weighted by atomic mass is 10.2. The van der Waals surface area contributed by atoms with E-state index in [1.54, 1.807) is 37.4 Å². The number of nitrogens with one attached hydrogen (secondary N) is 1. The Morgan fingerprint density at radius 2 is 2.08 bits per heavy atom. The fraction of sp³-hybridized carbons (Fsp3) is 0.111. The average molecular weight is 387 g/mol. The zero-order chi connectivity index (χ0) is 17.4. The van der Waals surface area contributed by atoms with Crippen molar-refractivity contribution in [2.24, 2.45) is 5.10 Å². The maximum absolute atomic E-state index is 12.0. The molecule has 0 bridgehead atoms. The highest BCUT2D eigenvalue weighted by atomic mass is 79.9. The van der Waals surface area contributed by atoms with Crippen LogP contribution in [0.25, 0.3) is 0 Å². The van der Waals surface area contributed by atoms with Gasteiger partial charge < -0.3 is 9.47 Å². The van der Waals surface area contributed by atoms with Gasteiger partial charge in [-0.2, -0.15) is 5.10 Å². The SMILES string of the molecule is C#CCOc1ccc(Br)cc1C=NNC(=O)c1ccc(OC)cc1. The van der Waals surface area contributed by atoms with Crippen molar-refractivity contribution in [1.29, 1.82) is 0 Å². The molecule has 0 heterocycles. The first-order valence-corrected chi connectivity index (χ1v) is 7.76. The molecule has 0 aliphatic heterocycles. The molecule has 5 nitrogen and oxygen atoms in total. The molecule has 2 aromatic carbocycles. The van der Waals surface area contributed by atoms with Gasteiger partial charge in [0.05, 0.1) is 13.3 Å². The van der Waals surface area contributed by atoms with Crippen LogP contribution < -0.4 is 14.9 Å². The van der Waals surface area contributed by atoms with Gasteiger partial charge in [0.15, 0.2) is 0 Å². The number of nitrogens with zero attached hydrogens (tertiary/aromatic N) is 1. The number of halogens is 1. The number of carbonyl (C=O) groups excluding carboxylic acids is 1. The van der Waals surface area contributed by atoms with Crippen LogP contribution in [0.2, 0.25) is 0 Å². The van der Waals surface area contributed by atoms with E-state index >= 15 is 0 Å². The minimum atomic E-state index is -0.324. The van der Waals surface area contributed by atoms with Crippen LogP contribution in [0.4, 0.5) is 0 Å². The smallest absolute Gasteiger partial charge is 0.271 e. The minimum Gasteiger partial charge on any atom is -0.497 e. The van der Waals surface area contributed by atoms with E-state index in [4.69, 9.17) is 15.9 Å². The van der Waals surface area contributed by atoms with Gasteiger partial charge in [-0.1, -0.05) is 21.9 Å². The number of hydrogen-bond acceptors (Lipinski definition) is 4. The maximum Gasteiger partial charge on any atom is 0.271 e. The number of hydrogen-bond donors (Lipinski definition) is 1. The van der Waals surface area contributed by atoms with Crippen LogP contribution in [-0.4, -0.2) is 25.8 Å². The first kappa shape index (κ1) is 17.6. The highest BCUT2D eigenvalue weighted by Gasteiger charge is 2.05. The minimum absolute atomic E-state index is 0.153. The molecule has 2 rings (SSSR count). The van der Waals surface area contributed by atoms with Crippen molar-refractivity contribution in [2.75, 3.05) is 13.7 Å². The van der Waals surface area contributed by atoms with Gasteiger partial charge in [0.1, 0.15) is 18.1 Å².